The van der Waals surface area contributed by atoms with Gasteiger partial charge in [0.15, 0.2) is 0 Å². The van der Waals surface area contributed by atoms with Crippen LogP contribution in [0, 0.1) is 5.82 Å². The van der Waals surface area contributed by atoms with Gasteiger partial charge in [-0.3, -0.25) is 19.3 Å². The molecule has 5 nitrogen and oxygen atoms in total. The Labute approximate surface area is 144 Å². The van der Waals surface area contributed by atoms with E-state index in [1.165, 1.54) is 17.0 Å². The number of benzene rings is 2. The van der Waals surface area contributed by atoms with Crippen molar-refractivity contribution < 1.29 is 18.8 Å². The SMILES string of the molecule is O=C(Cc1ccc(F)cc1)Nc1ccc(CN2C(=O)CCC2=O)cc1. The number of amides is 3. The normalized spacial score (nSPS) is 14.0. The molecule has 2 aromatic rings. The van der Waals surface area contributed by atoms with E-state index in [0.717, 1.165) is 11.1 Å². The summed E-state index contributed by atoms with van der Waals surface area (Å²) < 4.78 is 12.9. The summed E-state index contributed by atoms with van der Waals surface area (Å²) in [5.41, 5.74) is 2.16. The van der Waals surface area contributed by atoms with Crippen molar-refractivity contribution in [2.24, 2.45) is 0 Å². The zero-order chi connectivity index (χ0) is 17.8. The number of carbonyl (C=O) groups excluding carboxylic acids is 3. The van der Waals surface area contributed by atoms with Gasteiger partial charge in [0.05, 0.1) is 13.0 Å². The van der Waals surface area contributed by atoms with Gasteiger partial charge in [-0.2, -0.15) is 0 Å². The maximum atomic E-state index is 12.9. The fraction of sp³-hybridized carbons (Fsp3) is 0.211. The summed E-state index contributed by atoms with van der Waals surface area (Å²) in [4.78, 5) is 36.5. The molecule has 0 saturated carbocycles. The van der Waals surface area contributed by atoms with E-state index in [9.17, 15) is 18.8 Å². The van der Waals surface area contributed by atoms with Crippen LogP contribution in [0.5, 0.6) is 0 Å². The standard InChI is InChI=1S/C19H17FN2O3/c20-15-5-1-13(2-6-15)11-17(23)21-16-7-3-14(4-8-16)12-22-18(24)9-10-19(22)25/h1-8H,9-12H2,(H,21,23). The van der Waals surface area contributed by atoms with E-state index >= 15 is 0 Å². The van der Waals surface area contributed by atoms with Crippen LogP contribution in [0.4, 0.5) is 10.1 Å². The second-order valence-electron chi connectivity index (χ2n) is 5.92. The highest BCUT2D eigenvalue weighted by molar-refractivity contribution is 6.01. The van der Waals surface area contributed by atoms with E-state index in [2.05, 4.69) is 5.32 Å². The smallest absolute Gasteiger partial charge is 0.229 e. The number of nitrogens with one attached hydrogen (secondary N) is 1. The lowest BCUT2D eigenvalue weighted by atomic mass is 10.1. The molecule has 0 radical (unpaired) electrons. The average molecular weight is 340 g/mol. The minimum atomic E-state index is -0.338. The monoisotopic (exact) mass is 340 g/mol. The molecule has 0 spiro atoms. The molecule has 25 heavy (non-hydrogen) atoms. The number of carbonyl (C=O) groups is 3. The van der Waals surface area contributed by atoms with E-state index < -0.39 is 0 Å². The number of imide groups is 1. The summed E-state index contributed by atoms with van der Waals surface area (Å²) in [6, 6.07) is 12.8. The molecule has 0 atom stereocenters. The summed E-state index contributed by atoms with van der Waals surface area (Å²) in [6.07, 6.45) is 0.700. The lowest BCUT2D eigenvalue weighted by molar-refractivity contribution is -0.139. The fourth-order valence-corrected chi connectivity index (χ4v) is 2.67. The first-order valence-corrected chi connectivity index (χ1v) is 7.98. The van der Waals surface area contributed by atoms with Crippen molar-refractivity contribution >= 4 is 23.4 Å². The molecule has 3 rings (SSSR count). The van der Waals surface area contributed by atoms with Gasteiger partial charge in [-0.15, -0.1) is 0 Å². The Hall–Kier alpha value is -3.02. The molecule has 1 aliphatic rings. The fourth-order valence-electron chi connectivity index (χ4n) is 2.67. The quantitative estimate of drug-likeness (QED) is 0.851. The van der Waals surface area contributed by atoms with Crippen LogP contribution in [-0.2, 0) is 27.3 Å². The Morgan fingerprint density at radius 3 is 2.08 bits per heavy atom. The summed E-state index contributed by atoms with van der Waals surface area (Å²) in [5.74, 6) is -0.845. The van der Waals surface area contributed by atoms with Crippen LogP contribution in [0.25, 0.3) is 0 Å². The topological polar surface area (TPSA) is 66.5 Å². The van der Waals surface area contributed by atoms with Crippen molar-refractivity contribution in [3.05, 3.63) is 65.5 Å². The van der Waals surface area contributed by atoms with E-state index in [0.29, 0.717) is 5.69 Å². The number of likely N-dealkylation sites (tertiary alicyclic amines) is 1. The molecular weight excluding hydrogens is 323 g/mol. The van der Waals surface area contributed by atoms with Crippen molar-refractivity contribution in [1.82, 2.24) is 4.90 Å². The number of nitrogens with zero attached hydrogens (tertiary/aromatic N) is 1. The zero-order valence-corrected chi connectivity index (χ0v) is 13.5. The lowest BCUT2D eigenvalue weighted by Crippen LogP contribution is -2.28. The number of hydrogen-bond acceptors (Lipinski definition) is 3. The number of anilines is 1. The van der Waals surface area contributed by atoms with Gasteiger partial charge in [0.1, 0.15) is 5.82 Å². The molecule has 128 valence electrons. The summed E-state index contributed by atoms with van der Waals surface area (Å²) in [5, 5.41) is 2.76. The van der Waals surface area contributed by atoms with Crippen LogP contribution >= 0.6 is 0 Å². The van der Waals surface area contributed by atoms with E-state index in [1.807, 2.05) is 0 Å². The van der Waals surface area contributed by atoms with Crippen LogP contribution in [0.3, 0.4) is 0 Å². The van der Waals surface area contributed by atoms with E-state index in [1.54, 1.807) is 36.4 Å². The van der Waals surface area contributed by atoms with Crippen molar-refractivity contribution in [3.63, 3.8) is 0 Å². The molecule has 2 aromatic carbocycles. The summed E-state index contributed by atoms with van der Waals surface area (Å²) in [6.45, 7) is 0.251. The Morgan fingerprint density at radius 1 is 0.920 bits per heavy atom. The van der Waals surface area contributed by atoms with Gasteiger partial charge in [-0.25, -0.2) is 4.39 Å². The third-order valence-corrected chi connectivity index (χ3v) is 4.01. The number of halogens is 1. The highest BCUT2D eigenvalue weighted by atomic mass is 19.1. The average Bonchev–Trinajstić information content (AvgIpc) is 2.90. The molecule has 0 aromatic heterocycles. The minimum Gasteiger partial charge on any atom is -0.326 e. The van der Waals surface area contributed by atoms with Crippen LogP contribution in [-0.4, -0.2) is 22.6 Å². The van der Waals surface area contributed by atoms with Crippen molar-refractivity contribution in [2.75, 3.05) is 5.32 Å². The number of hydrogen-bond donors (Lipinski definition) is 1. The van der Waals surface area contributed by atoms with Gasteiger partial charge in [0, 0.05) is 18.5 Å². The molecule has 0 aliphatic carbocycles. The Morgan fingerprint density at radius 2 is 1.48 bits per heavy atom. The van der Waals surface area contributed by atoms with Gasteiger partial charge in [0.25, 0.3) is 0 Å². The van der Waals surface area contributed by atoms with Crippen LogP contribution in [0.1, 0.15) is 24.0 Å². The first-order valence-electron chi connectivity index (χ1n) is 7.98. The van der Waals surface area contributed by atoms with E-state index in [-0.39, 0.29) is 49.3 Å². The molecule has 3 amide bonds. The maximum absolute atomic E-state index is 12.9. The lowest BCUT2D eigenvalue weighted by Gasteiger charge is -2.14. The molecule has 1 fully saturated rings. The molecule has 1 saturated heterocycles. The first-order chi connectivity index (χ1) is 12.0. The molecule has 1 N–H and O–H groups in total. The maximum Gasteiger partial charge on any atom is 0.229 e. The van der Waals surface area contributed by atoms with Crippen LogP contribution in [0.2, 0.25) is 0 Å². The van der Waals surface area contributed by atoms with Gasteiger partial charge in [-0.1, -0.05) is 24.3 Å². The molecule has 0 bridgehead atoms. The van der Waals surface area contributed by atoms with Gasteiger partial charge < -0.3 is 5.32 Å². The predicted molar refractivity (Wildman–Crippen MR) is 90.0 cm³/mol. The third-order valence-electron chi connectivity index (χ3n) is 4.01. The van der Waals surface area contributed by atoms with Gasteiger partial charge in [-0.05, 0) is 35.4 Å². The zero-order valence-electron chi connectivity index (χ0n) is 13.5. The highest BCUT2D eigenvalue weighted by Gasteiger charge is 2.28. The molecule has 1 heterocycles. The Balaban J connectivity index is 1.56. The Bertz CT molecular complexity index is 784. The summed E-state index contributed by atoms with van der Waals surface area (Å²) >= 11 is 0. The second kappa shape index (κ2) is 7.25. The van der Waals surface area contributed by atoms with Crippen LogP contribution in [0.15, 0.2) is 48.5 Å². The summed E-state index contributed by atoms with van der Waals surface area (Å²) in [7, 11) is 0. The number of rotatable bonds is 5. The largest absolute Gasteiger partial charge is 0.326 e. The predicted octanol–water partition coefficient (Wildman–Crippen LogP) is 2.66. The van der Waals surface area contributed by atoms with Crippen molar-refractivity contribution in [1.29, 1.82) is 0 Å². The van der Waals surface area contributed by atoms with Crippen molar-refractivity contribution in [2.45, 2.75) is 25.8 Å². The molecule has 0 unspecified atom stereocenters. The van der Waals surface area contributed by atoms with E-state index in [4.69, 9.17) is 0 Å². The minimum absolute atomic E-state index is 0.151. The van der Waals surface area contributed by atoms with Gasteiger partial charge >= 0.3 is 0 Å². The van der Waals surface area contributed by atoms with Gasteiger partial charge in [0.2, 0.25) is 17.7 Å². The molecular formula is C19H17FN2O3. The Kier molecular flexibility index (Phi) is 4.88. The van der Waals surface area contributed by atoms with Crippen LogP contribution < -0.4 is 5.32 Å². The highest BCUT2D eigenvalue weighted by Crippen LogP contribution is 2.17. The van der Waals surface area contributed by atoms with Crippen molar-refractivity contribution in [3.8, 4) is 0 Å². The third kappa shape index (κ3) is 4.29. The second-order valence-corrected chi connectivity index (χ2v) is 5.92. The molecule has 6 heteroatoms. The molecule has 1 aliphatic heterocycles. The first kappa shape index (κ1) is 16.8.